The van der Waals surface area contributed by atoms with Crippen LogP contribution in [-0.4, -0.2) is 60.2 Å². The summed E-state index contributed by atoms with van der Waals surface area (Å²) >= 11 is 0. The molecular weight excluding hydrogens is 532 g/mol. The maximum absolute atomic E-state index is 13.7. The van der Waals surface area contributed by atoms with Crippen molar-refractivity contribution >= 4 is 17.8 Å². The lowest BCUT2D eigenvalue weighted by Gasteiger charge is -2.37. The number of nitrogens with zero attached hydrogens (tertiary/aromatic N) is 1. The Morgan fingerprint density at radius 1 is 1.05 bits per heavy atom. The van der Waals surface area contributed by atoms with Crippen molar-refractivity contribution in [2.45, 2.75) is 69.7 Å². The molecule has 3 rings (SSSR count). The smallest absolute Gasteiger partial charge is 0.306 e. The number of methoxy groups -OCH3 is 1. The zero-order chi connectivity index (χ0) is 30.3. The molecule has 0 saturated heterocycles. The van der Waals surface area contributed by atoms with E-state index in [-0.39, 0.29) is 56.3 Å². The van der Waals surface area contributed by atoms with Gasteiger partial charge >= 0.3 is 5.97 Å². The second-order valence-electron chi connectivity index (χ2n) is 10.7. The first kappa shape index (κ1) is 32.8. The number of hydrogen-bond donors (Lipinski definition) is 2. The fourth-order valence-electron chi connectivity index (χ4n) is 5.32. The van der Waals surface area contributed by atoms with E-state index in [1.54, 1.807) is 11.0 Å². The molecule has 1 aliphatic rings. The summed E-state index contributed by atoms with van der Waals surface area (Å²) in [7, 11) is 1.52. The Labute approximate surface area is 249 Å². The molecule has 0 unspecified atom stereocenters. The summed E-state index contributed by atoms with van der Waals surface area (Å²) in [6.45, 7) is 7.83. The van der Waals surface area contributed by atoms with Gasteiger partial charge < -0.3 is 24.8 Å². The third-order valence-corrected chi connectivity index (χ3v) is 7.59. The predicted molar refractivity (Wildman–Crippen MR) is 162 cm³/mol. The van der Waals surface area contributed by atoms with E-state index in [2.05, 4.69) is 18.5 Å². The molecule has 2 aromatic carbocycles. The summed E-state index contributed by atoms with van der Waals surface area (Å²) in [4.78, 5) is 41.7. The van der Waals surface area contributed by atoms with Gasteiger partial charge in [0, 0.05) is 26.5 Å². The van der Waals surface area contributed by atoms with Gasteiger partial charge in [-0.3, -0.25) is 14.4 Å². The quantitative estimate of drug-likeness (QED) is 0.161. The number of aliphatic hydroxyl groups is 1. The molecule has 42 heavy (non-hydrogen) atoms. The number of nitrogens with one attached hydrogen (secondary N) is 1. The van der Waals surface area contributed by atoms with Crippen LogP contribution >= 0.6 is 0 Å². The highest BCUT2D eigenvalue weighted by atomic mass is 16.5. The lowest BCUT2D eigenvalue weighted by molar-refractivity contribution is -0.153. The van der Waals surface area contributed by atoms with Crippen LogP contribution < -0.4 is 5.32 Å². The molecule has 0 spiro atoms. The predicted octanol–water partition coefficient (Wildman–Crippen LogP) is 4.68. The number of carbonyl (C=O) groups excluding carboxylic acids is 3. The van der Waals surface area contributed by atoms with Gasteiger partial charge in [-0.2, -0.15) is 0 Å². The van der Waals surface area contributed by atoms with Crippen LogP contribution in [0.15, 0.2) is 79.9 Å². The van der Waals surface area contributed by atoms with Crippen molar-refractivity contribution in [2.75, 3.05) is 20.3 Å². The molecule has 1 heterocycles. The summed E-state index contributed by atoms with van der Waals surface area (Å²) in [5, 5.41) is 13.0. The van der Waals surface area contributed by atoms with Crippen LogP contribution in [0, 0.1) is 5.92 Å². The number of allylic oxidation sites excluding steroid dienone is 2. The second-order valence-corrected chi connectivity index (χ2v) is 10.7. The zero-order valence-electron chi connectivity index (χ0n) is 24.6. The number of fused-ring (bicyclic) bond motifs is 1. The van der Waals surface area contributed by atoms with E-state index in [0.717, 1.165) is 29.5 Å². The lowest BCUT2D eigenvalue weighted by atomic mass is 9.92. The van der Waals surface area contributed by atoms with E-state index in [4.69, 9.17) is 9.47 Å². The minimum absolute atomic E-state index is 0.0463. The van der Waals surface area contributed by atoms with Crippen molar-refractivity contribution < 1.29 is 29.0 Å². The first-order chi connectivity index (χ1) is 20.4. The molecular formula is C34H44N2O6. The minimum atomic E-state index is -0.778. The average molecular weight is 577 g/mol. The summed E-state index contributed by atoms with van der Waals surface area (Å²) < 4.78 is 11.4. The van der Waals surface area contributed by atoms with E-state index < -0.39 is 18.1 Å². The largest absolute Gasteiger partial charge is 0.455 e. The van der Waals surface area contributed by atoms with Crippen LogP contribution in [0.25, 0.3) is 0 Å². The Morgan fingerprint density at radius 3 is 2.43 bits per heavy atom. The molecule has 4 atom stereocenters. The van der Waals surface area contributed by atoms with Crippen LogP contribution in [0.2, 0.25) is 0 Å². The molecule has 0 aliphatic carbocycles. The lowest BCUT2D eigenvalue weighted by Crippen LogP contribution is -2.49. The van der Waals surface area contributed by atoms with Crippen molar-refractivity contribution in [3.63, 3.8) is 0 Å². The molecule has 0 radical (unpaired) electrons. The van der Waals surface area contributed by atoms with E-state index in [0.29, 0.717) is 19.4 Å². The van der Waals surface area contributed by atoms with Crippen LogP contribution in [-0.2, 0) is 36.8 Å². The number of esters is 1. The van der Waals surface area contributed by atoms with E-state index in [1.807, 2.05) is 60.7 Å². The molecule has 1 aliphatic heterocycles. The third kappa shape index (κ3) is 9.39. The van der Waals surface area contributed by atoms with Crippen molar-refractivity contribution in [3.8, 4) is 0 Å². The highest BCUT2D eigenvalue weighted by molar-refractivity contribution is 5.86. The van der Waals surface area contributed by atoms with E-state index >= 15 is 0 Å². The number of amides is 2. The Kier molecular flexibility index (Phi) is 13.5. The number of aliphatic hydroxyl groups excluding tert-OH is 1. The number of benzene rings is 2. The zero-order valence-corrected chi connectivity index (χ0v) is 24.6. The van der Waals surface area contributed by atoms with Gasteiger partial charge in [0.2, 0.25) is 11.8 Å². The summed E-state index contributed by atoms with van der Waals surface area (Å²) in [6, 6.07) is 16.1. The minimum Gasteiger partial charge on any atom is -0.455 e. The topological polar surface area (TPSA) is 105 Å². The molecule has 226 valence electrons. The monoisotopic (exact) mass is 576 g/mol. The summed E-state index contributed by atoms with van der Waals surface area (Å²) in [5.41, 5.74) is 2.89. The standard InChI is InChI=1S/C34H44N2O6/c1-4-6-7-11-19-32(39)42-33(25-15-9-8-10-16-25)30(24-41-3)35-34(40)27(14-5-2)21-31(38)36-22-28-18-13-12-17-26(28)20-29(36)23-37/h4-5,8-10,12-13,15-18,27,29-30,33,37H,1-2,6-7,11,14,19-24H2,3H3,(H,35,40)/t27-,29-,30-,33-/m0/s1. The molecule has 2 aromatic rings. The number of hydrogen-bond acceptors (Lipinski definition) is 6. The fourth-order valence-corrected chi connectivity index (χ4v) is 5.32. The average Bonchev–Trinajstić information content (AvgIpc) is 3.01. The van der Waals surface area contributed by atoms with Crippen LogP contribution in [0.1, 0.15) is 61.3 Å². The van der Waals surface area contributed by atoms with E-state index in [9.17, 15) is 19.5 Å². The number of unbranched alkanes of at least 4 members (excludes halogenated alkanes) is 2. The summed E-state index contributed by atoms with van der Waals surface area (Å²) in [6.07, 6.45) is 6.05. The maximum atomic E-state index is 13.7. The first-order valence-corrected chi connectivity index (χ1v) is 14.6. The van der Waals surface area contributed by atoms with Crippen LogP contribution in [0.5, 0.6) is 0 Å². The molecule has 8 nitrogen and oxygen atoms in total. The number of carbonyl (C=O) groups is 3. The van der Waals surface area contributed by atoms with Crippen molar-refractivity contribution in [1.29, 1.82) is 0 Å². The van der Waals surface area contributed by atoms with Crippen LogP contribution in [0.3, 0.4) is 0 Å². The van der Waals surface area contributed by atoms with Gasteiger partial charge in [-0.1, -0.05) is 66.7 Å². The third-order valence-electron chi connectivity index (χ3n) is 7.59. The molecule has 2 amide bonds. The number of ether oxygens (including phenoxy) is 2. The van der Waals surface area contributed by atoms with Gasteiger partial charge in [0.1, 0.15) is 6.10 Å². The Bertz CT molecular complexity index is 1180. The SMILES string of the molecule is C=CCCCCC(=O)O[C@@H](c1ccccc1)[C@H](COC)NC(=O)[C@@H](CC=C)CC(=O)N1Cc2ccccc2C[C@H]1CO. The van der Waals surface area contributed by atoms with Gasteiger partial charge in [0.25, 0.3) is 0 Å². The van der Waals surface area contributed by atoms with Crippen LogP contribution in [0.4, 0.5) is 0 Å². The molecule has 0 saturated carbocycles. The highest BCUT2D eigenvalue weighted by Crippen LogP contribution is 2.27. The van der Waals surface area contributed by atoms with Gasteiger partial charge in [-0.25, -0.2) is 0 Å². The van der Waals surface area contributed by atoms with Crippen molar-refractivity contribution in [2.24, 2.45) is 5.92 Å². The Balaban J connectivity index is 1.75. The van der Waals surface area contributed by atoms with E-state index in [1.165, 1.54) is 7.11 Å². The van der Waals surface area contributed by atoms with Gasteiger partial charge in [-0.15, -0.1) is 13.2 Å². The van der Waals surface area contributed by atoms with Crippen molar-refractivity contribution in [3.05, 3.63) is 96.6 Å². The Morgan fingerprint density at radius 2 is 1.76 bits per heavy atom. The second kappa shape index (κ2) is 17.3. The van der Waals surface area contributed by atoms with Crippen molar-refractivity contribution in [1.82, 2.24) is 10.2 Å². The number of rotatable bonds is 17. The molecule has 0 bridgehead atoms. The molecule has 0 aromatic heterocycles. The molecule has 8 heteroatoms. The maximum Gasteiger partial charge on any atom is 0.306 e. The van der Waals surface area contributed by atoms with Gasteiger partial charge in [0.15, 0.2) is 0 Å². The van der Waals surface area contributed by atoms with Gasteiger partial charge in [0.05, 0.1) is 31.2 Å². The Hall–Kier alpha value is -3.75. The highest BCUT2D eigenvalue weighted by Gasteiger charge is 2.34. The summed E-state index contributed by atoms with van der Waals surface area (Å²) in [5.74, 6) is -1.62. The molecule has 2 N–H and O–H groups in total. The normalized spacial score (nSPS) is 16.4. The fraction of sp³-hybridized carbons (Fsp3) is 0.441. The first-order valence-electron chi connectivity index (χ1n) is 14.6. The molecule has 0 fully saturated rings. The van der Waals surface area contributed by atoms with Gasteiger partial charge in [-0.05, 0) is 48.8 Å².